The van der Waals surface area contributed by atoms with Crippen LogP contribution >= 0.6 is 27.3 Å². The van der Waals surface area contributed by atoms with Crippen LogP contribution in [0.2, 0.25) is 0 Å². The molecule has 0 amide bonds. The Bertz CT molecular complexity index is 721. The summed E-state index contributed by atoms with van der Waals surface area (Å²) in [6.45, 7) is 2.62. The fourth-order valence-electron chi connectivity index (χ4n) is 2.99. The van der Waals surface area contributed by atoms with E-state index in [0.29, 0.717) is 0 Å². The molecular weight excluding hydrogens is 417 g/mol. The van der Waals surface area contributed by atoms with Crippen LogP contribution in [0.5, 0.6) is 0 Å². The van der Waals surface area contributed by atoms with Crippen LogP contribution in [0.1, 0.15) is 23.4 Å². The number of halogens is 4. The first-order valence-electron chi connectivity index (χ1n) is 7.91. The van der Waals surface area contributed by atoms with Gasteiger partial charge in [-0.25, -0.2) is 9.97 Å². The number of alkyl halides is 3. The number of anilines is 1. The first-order valence-corrected chi connectivity index (χ1v) is 9.58. The number of piperidine rings is 1. The second-order valence-electron chi connectivity index (χ2n) is 6.11. The lowest BCUT2D eigenvalue weighted by atomic mass is 10.0. The molecule has 0 N–H and O–H groups in total. The summed E-state index contributed by atoms with van der Waals surface area (Å²) >= 11 is 5.16. The van der Waals surface area contributed by atoms with Crippen molar-refractivity contribution in [1.82, 2.24) is 14.9 Å². The summed E-state index contributed by atoms with van der Waals surface area (Å²) in [7, 11) is 1.77. The van der Waals surface area contributed by atoms with Crippen molar-refractivity contribution < 1.29 is 13.2 Å². The number of nitrogens with zero attached hydrogens (tertiary/aromatic N) is 4. The smallest absolute Gasteiger partial charge is 0.340 e. The van der Waals surface area contributed by atoms with Gasteiger partial charge in [0, 0.05) is 47.1 Å². The van der Waals surface area contributed by atoms with E-state index in [2.05, 4.69) is 42.2 Å². The molecular formula is C16H18BrF3N4S. The number of likely N-dealkylation sites (N-methyl/N-ethyl adjacent to an activating group) is 1. The van der Waals surface area contributed by atoms with Crippen molar-refractivity contribution >= 4 is 33.2 Å². The third-order valence-electron chi connectivity index (χ3n) is 4.28. The second-order valence-corrected chi connectivity index (χ2v) is 8.02. The summed E-state index contributed by atoms with van der Waals surface area (Å²) in [5, 5.41) is 2.05. The summed E-state index contributed by atoms with van der Waals surface area (Å²) < 4.78 is 39.7. The van der Waals surface area contributed by atoms with E-state index in [4.69, 9.17) is 0 Å². The summed E-state index contributed by atoms with van der Waals surface area (Å²) in [5.74, 6) is 0.126. The number of hydrogen-bond donors (Lipinski definition) is 0. The number of thiophene rings is 1. The third kappa shape index (κ3) is 4.71. The molecule has 1 atom stereocenters. The minimum atomic E-state index is -4.45. The molecule has 2 aromatic rings. The Morgan fingerprint density at radius 3 is 2.92 bits per heavy atom. The largest absolute Gasteiger partial charge is 0.433 e. The zero-order chi connectivity index (χ0) is 18.0. The third-order valence-corrected chi connectivity index (χ3v) is 5.96. The van der Waals surface area contributed by atoms with Gasteiger partial charge in [-0.2, -0.15) is 13.2 Å². The lowest BCUT2D eigenvalue weighted by Gasteiger charge is -2.37. The second kappa shape index (κ2) is 7.59. The Labute approximate surface area is 156 Å². The molecule has 0 aliphatic carbocycles. The van der Waals surface area contributed by atoms with Gasteiger partial charge in [0.25, 0.3) is 0 Å². The van der Waals surface area contributed by atoms with Crippen molar-refractivity contribution in [2.45, 2.75) is 31.6 Å². The summed E-state index contributed by atoms with van der Waals surface area (Å²) in [6.07, 6.45) is -1.36. The monoisotopic (exact) mass is 434 g/mol. The molecule has 0 spiro atoms. The maximum atomic E-state index is 12.9. The van der Waals surface area contributed by atoms with Crippen molar-refractivity contribution in [2.75, 3.05) is 25.0 Å². The molecule has 0 saturated carbocycles. The normalized spacial score (nSPS) is 19.2. The van der Waals surface area contributed by atoms with Crippen LogP contribution in [-0.2, 0) is 12.7 Å². The number of likely N-dealkylation sites (tertiary alicyclic amines) is 1. The summed E-state index contributed by atoms with van der Waals surface area (Å²) in [5.41, 5.74) is -0.902. The van der Waals surface area contributed by atoms with E-state index in [0.717, 1.165) is 43.0 Å². The molecule has 1 unspecified atom stereocenters. The highest BCUT2D eigenvalue weighted by atomic mass is 79.9. The van der Waals surface area contributed by atoms with Crippen molar-refractivity contribution in [3.63, 3.8) is 0 Å². The molecule has 4 nitrogen and oxygen atoms in total. The lowest BCUT2D eigenvalue weighted by molar-refractivity contribution is -0.141. The van der Waals surface area contributed by atoms with Crippen LogP contribution in [0.15, 0.2) is 28.2 Å². The van der Waals surface area contributed by atoms with Gasteiger partial charge < -0.3 is 4.90 Å². The molecule has 136 valence electrons. The van der Waals surface area contributed by atoms with Gasteiger partial charge in [0.1, 0.15) is 5.69 Å². The molecule has 0 aromatic carbocycles. The molecule has 0 bridgehead atoms. The average molecular weight is 435 g/mol. The minimum absolute atomic E-state index is 0.0978. The maximum absolute atomic E-state index is 12.9. The van der Waals surface area contributed by atoms with E-state index < -0.39 is 11.9 Å². The maximum Gasteiger partial charge on any atom is 0.433 e. The van der Waals surface area contributed by atoms with Crippen LogP contribution in [0.4, 0.5) is 19.1 Å². The molecule has 1 saturated heterocycles. The fourth-order valence-corrected chi connectivity index (χ4v) is 4.48. The van der Waals surface area contributed by atoms with Crippen molar-refractivity contribution in [3.8, 4) is 0 Å². The van der Waals surface area contributed by atoms with Gasteiger partial charge in [0.05, 0.1) is 0 Å². The Kier molecular flexibility index (Phi) is 5.65. The first-order chi connectivity index (χ1) is 11.8. The Morgan fingerprint density at radius 2 is 2.24 bits per heavy atom. The summed E-state index contributed by atoms with van der Waals surface area (Å²) in [4.78, 5) is 13.1. The molecule has 1 fully saturated rings. The molecule has 9 heteroatoms. The molecule has 25 heavy (non-hydrogen) atoms. The van der Waals surface area contributed by atoms with Crippen molar-refractivity contribution in [1.29, 1.82) is 0 Å². The van der Waals surface area contributed by atoms with E-state index >= 15 is 0 Å². The van der Waals surface area contributed by atoms with Gasteiger partial charge in [0.2, 0.25) is 5.95 Å². The first kappa shape index (κ1) is 18.6. The van der Waals surface area contributed by atoms with Crippen molar-refractivity contribution in [2.24, 2.45) is 0 Å². The van der Waals surface area contributed by atoms with Gasteiger partial charge in [-0.15, -0.1) is 11.3 Å². The Hall–Kier alpha value is -1.19. The number of aromatic nitrogens is 2. The van der Waals surface area contributed by atoms with Gasteiger partial charge in [-0.1, -0.05) is 0 Å². The Morgan fingerprint density at radius 1 is 1.44 bits per heavy atom. The molecule has 2 aromatic heterocycles. The number of rotatable bonds is 4. The van der Waals surface area contributed by atoms with Crippen molar-refractivity contribution in [3.05, 3.63) is 38.8 Å². The van der Waals surface area contributed by atoms with Crippen LogP contribution in [0, 0.1) is 0 Å². The minimum Gasteiger partial charge on any atom is -0.340 e. The zero-order valence-corrected chi connectivity index (χ0v) is 16.0. The predicted octanol–water partition coefficient (Wildman–Crippen LogP) is 4.42. The van der Waals surface area contributed by atoms with E-state index in [1.165, 1.54) is 11.1 Å². The van der Waals surface area contributed by atoms with Gasteiger partial charge in [-0.3, -0.25) is 4.90 Å². The number of hydrogen-bond acceptors (Lipinski definition) is 5. The Balaban J connectivity index is 1.68. The highest BCUT2D eigenvalue weighted by Crippen LogP contribution is 2.29. The van der Waals surface area contributed by atoms with Crippen LogP contribution in [-0.4, -0.2) is 41.0 Å². The zero-order valence-electron chi connectivity index (χ0n) is 13.6. The van der Waals surface area contributed by atoms with Gasteiger partial charge >= 0.3 is 6.18 Å². The molecule has 3 heterocycles. The molecule has 1 aliphatic rings. The quantitative estimate of drug-likeness (QED) is 0.712. The van der Waals surface area contributed by atoms with E-state index in [1.807, 2.05) is 0 Å². The lowest BCUT2D eigenvalue weighted by Crippen LogP contribution is -2.46. The highest BCUT2D eigenvalue weighted by Gasteiger charge is 2.34. The van der Waals surface area contributed by atoms with E-state index in [9.17, 15) is 13.2 Å². The van der Waals surface area contributed by atoms with E-state index in [1.54, 1.807) is 23.3 Å². The predicted molar refractivity (Wildman–Crippen MR) is 95.8 cm³/mol. The highest BCUT2D eigenvalue weighted by molar-refractivity contribution is 9.10. The fraction of sp³-hybridized carbons (Fsp3) is 0.500. The van der Waals surface area contributed by atoms with Crippen LogP contribution < -0.4 is 4.90 Å². The standard InChI is InChI=1S/C16H18BrF3N4S/c1-23(15-21-5-4-14(22-15)16(18,19)20)12-3-2-6-24(8-12)9-13-7-11(17)10-25-13/h4-5,7,10,12H,2-3,6,8-9H2,1H3. The van der Waals surface area contributed by atoms with Gasteiger partial charge in [0.15, 0.2) is 0 Å². The van der Waals surface area contributed by atoms with Crippen LogP contribution in [0.25, 0.3) is 0 Å². The van der Waals surface area contributed by atoms with Gasteiger partial charge in [-0.05, 0) is 47.4 Å². The van der Waals surface area contributed by atoms with Crippen LogP contribution in [0.3, 0.4) is 0 Å². The summed E-state index contributed by atoms with van der Waals surface area (Å²) in [6, 6.07) is 3.10. The molecule has 0 radical (unpaired) electrons. The average Bonchev–Trinajstić information content (AvgIpc) is 2.98. The van der Waals surface area contributed by atoms with E-state index in [-0.39, 0.29) is 12.0 Å². The molecule has 3 rings (SSSR count). The molecule has 1 aliphatic heterocycles. The SMILES string of the molecule is CN(c1nccc(C(F)(F)F)n1)C1CCCN(Cc2cc(Br)cs2)C1. The topological polar surface area (TPSA) is 32.3 Å².